The van der Waals surface area contributed by atoms with Gasteiger partial charge in [-0.1, -0.05) is 53.4 Å². The molecule has 0 unspecified atom stereocenters. The van der Waals surface area contributed by atoms with Crippen LogP contribution in [0.1, 0.15) is 27.5 Å². The third-order valence-corrected chi connectivity index (χ3v) is 10.4. The lowest BCUT2D eigenvalue weighted by Gasteiger charge is -2.30. The van der Waals surface area contributed by atoms with Crippen molar-refractivity contribution < 1.29 is 45.5 Å². The Morgan fingerprint density at radius 1 is 0.894 bits per heavy atom. The second-order valence-corrected chi connectivity index (χ2v) is 12.7. The molecule has 0 radical (unpaired) electrons. The number of benzene rings is 3. The zero-order chi connectivity index (χ0) is 33.8. The van der Waals surface area contributed by atoms with Crippen LogP contribution in [0, 0.1) is 5.92 Å². The van der Waals surface area contributed by atoms with Gasteiger partial charge in [-0.25, -0.2) is 4.90 Å². The summed E-state index contributed by atoms with van der Waals surface area (Å²) in [7, 11) is 1.44. The van der Waals surface area contributed by atoms with Crippen LogP contribution < -0.4 is 19.8 Å². The number of imide groups is 1. The van der Waals surface area contributed by atoms with Gasteiger partial charge in [-0.2, -0.15) is 26.3 Å². The van der Waals surface area contributed by atoms with E-state index in [0.717, 1.165) is 46.7 Å². The van der Waals surface area contributed by atoms with Gasteiger partial charge < -0.3 is 10.1 Å². The van der Waals surface area contributed by atoms with Gasteiger partial charge in [-0.05, 0) is 48.0 Å². The molecule has 16 heteroatoms. The first-order chi connectivity index (χ1) is 22.2. The lowest BCUT2D eigenvalue weighted by atomic mass is 9.83. The zero-order valence-corrected chi connectivity index (χ0v) is 25.5. The van der Waals surface area contributed by atoms with E-state index in [1.54, 1.807) is 24.3 Å². The molecule has 3 heterocycles. The second-order valence-electron chi connectivity index (χ2n) is 10.6. The molecule has 2 aliphatic heterocycles. The van der Waals surface area contributed by atoms with Crippen molar-refractivity contribution in [2.24, 2.45) is 5.92 Å². The van der Waals surface area contributed by atoms with Gasteiger partial charge >= 0.3 is 17.2 Å². The number of hydrogen-bond acceptors (Lipinski definition) is 7. The van der Waals surface area contributed by atoms with Gasteiger partial charge in [0.25, 0.3) is 0 Å². The highest BCUT2D eigenvalue weighted by Gasteiger charge is 2.57. The van der Waals surface area contributed by atoms with Crippen molar-refractivity contribution in [2.45, 2.75) is 35.1 Å². The van der Waals surface area contributed by atoms with Crippen LogP contribution in [-0.2, 0) is 33.3 Å². The topological polar surface area (TPSA) is 97.7 Å². The summed E-state index contributed by atoms with van der Waals surface area (Å²) in [5.41, 5.74) is -2.45. The number of rotatable bonds is 6. The maximum Gasteiger partial charge on any atom is 0.418 e. The standard InChI is InChI=1S/C31H21F6N3O5S2/c1-45-18-11-9-15(10-12-18)22-23-24(27(43)40(26(23)42)17-6-4-5-16(13-17)30(32,33)34)46-28-25(22)47-29(44)39(28)14-21(41)38-20-8-3-2-7-19(20)31(35,36)37/h2-13,22-24H,14H2,1H3,(H,38,41)/t22-,23-,24+/m0/s1. The molecule has 0 saturated carbocycles. The monoisotopic (exact) mass is 693 g/mol. The number of para-hydroxylation sites is 1. The Morgan fingerprint density at radius 3 is 2.26 bits per heavy atom. The number of carbonyl (C=O) groups is 3. The smallest absolute Gasteiger partial charge is 0.418 e. The summed E-state index contributed by atoms with van der Waals surface area (Å²) >= 11 is 1.52. The van der Waals surface area contributed by atoms with Crippen molar-refractivity contribution in [3.8, 4) is 5.75 Å². The van der Waals surface area contributed by atoms with E-state index in [1.165, 1.54) is 19.2 Å². The average Bonchev–Trinajstić information content (AvgIpc) is 3.46. The number of ether oxygens (including phenoxy) is 1. The number of nitrogens with one attached hydrogen (secondary N) is 1. The van der Waals surface area contributed by atoms with Crippen molar-refractivity contribution in [3.05, 3.63) is 104 Å². The van der Waals surface area contributed by atoms with Gasteiger partial charge in [0.2, 0.25) is 17.7 Å². The van der Waals surface area contributed by atoms with Gasteiger partial charge in [-0.3, -0.25) is 23.7 Å². The molecule has 8 nitrogen and oxygen atoms in total. The van der Waals surface area contributed by atoms with Crippen molar-refractivity contribution in [2.75, 3.05) is 17.3 Å². The third kappa shape index (κ3) is 5.91. The lowest BCUT2D eigenvalue weighted by molar-refractivity contribution is -0.138. The molecular weight excluding hydrogens is 672 g/mol. The highest BCUT2D eigenvalue weighted by Crippen LogP contribution is 2.54. The van der Waals surface area contributed by atoms with E-state index in [2.05, 4.69) is 5.32 Å². The molecular formula is C31H21F6N3O5S2. The number of fused-ring (bicyclic) bond motifs is 2. The molecule has 3 atom stereocenters. The number of aromatic nitrogens is 1. The second kappa shape index (κ2) is 11.9. The molecule has 47 heavy (non-hydrogen) atoms. The predicted molar refractivity (Wildman–Crippen MR) is 161 cm³/mol. The van der Waals surface area contributed by atoms with E-state index in [4.69, 9.17) is 4.74 Å². The summed E-state index contributed by atoms with van der Waals surface area (Å²) in [6, 6.07) is 14.6. The molecule has 1 aromatic heterocycles. The number of amides is 3. The molecule has 1 fully saturated rings. The maximum atomic E-state index is 14.0. The van der Waals surface area contributed by atoms with E-state index < -0.39 is 75.4 Å². The molecule has 2 aliphatic rings. The molecule has 244 valence electrons. The highest BCUT2D eigenvalue weighted by molar-refractivity contribution is 8.00. The molecule has 3 amide bonds. The molecule has 0 spiro atoms. The summed E-state index contributed by atoms with van der Waals surface area (Å²) in [4.78, 5) is 54.5. The fourth-order valence-corrected chi connectivity index (χ4v) is 8.45. The molecule has 1 N–H and O–H groups in total. The van der Waals surface area contributed by atoms with Crippen molar-refractivity contribution in [3.63, 3.8) is 0 Å². The number of anilines is 2. The number of thioether (sulfide) groups is 1. The summed E-state index contributed by atoms with van der Waals surface area (Å²) in [5, 5.41) is 1.14. The first kappa shape index (κ1) is 32.4. The van der Waals surface area contributed by atoms with E-state index in [1.807, 2.05) is 0 Å². The van der Waals surface area contributed by atoms with E-state index in [-0.39, 0.29) is 10.7 Å². The first-order valence-corrected chi connectivity index (χ1v) is 15.4. The molecule has 3 aromatic carbocycles. The zero-order valence-electron chi connectivity index (χ0n) is 23.9. The Kier molecular flexibility index (Phi) is 8.20. The molecule has 0 bridgehead atoms. The van der Waals surface area contributed by atoms with Crippen LogP contribution in [0.2, 0.25) is 0 Å². The molecule has 0 aliphatic carbocycles. The minimum absolute atomic E-state index is 0.147. The normalized spacial score (nSPS) is 19.4. The number of alkyl halides is 6. The Labute approximate surface area is 269 Å². The van der Waals surface area contributed by atoms with Crippen LogP contribution in [0.25, 0.3) is 0 Å². The van der Waals surface area contributed by atoms with Gasteiger partial charge in [0, 0.05) is 10.8 Å². The largest absolute Gasteiger partial charge is 0.497 e. The Bertz CT molecular complexity index is 1950. The molecule has 6 rings (SSSR count). The number of halogens is 6. The predicted octanol–water partition coefficient (Wildman–Crippen LogP) is 6.39. The van der Waals surface area contributed by atoms with Gasteiger partial charge in [0.15, 0.2) is 0 Å². The molecule has 4 aromatic rings. The summed E-state index contributed by atoms with van der Waals surface area (Å²) in [6.45, 7) is -0.712. The van der Waals surface area contributed by atoms with Gasteiger partial charge in [0.1, 0.15) is 17.5 Å². The number of carbonyl (C=O) groups excluding carboxylic acids is 3. The minimum Gasteiger partial charge on any atom is -0.497 e. The van der Waals surface area contributed by atoms with Crippen LogP contribution in [0.15, 0.2) is 82.6 Å². The number of methoxy groups -OCH3 is 1. The van der Waals surface area contributed by atoms with Crippen LogP contribution >= 0.6 is 23.1 Å². The van der Waals surface area contributed by atoms with Crippen molar-refractivity contribution in [1.82, 2.24) is 4.57 Å². The van der Waals surface area contributed by atoms with Crippen molar-refractivity contribution >= 4 is 52.2 Å². The fraction of sp³-hybridized carbons (Fsp3) is 0.226. The Balaban J connectivity index is 1.40. The SMILES string of the molecule is COc1ccc([C@@H]2c3sc(=O)n(CC(=O)Nc4ccccc4C(F)(F)F)c3S[C@H]3C(=O)N(c4cccc(C(F)(F)F)c4)C(=O)[C@@H]23)cc1. The van der Waals surface area contributed by atoms with Crippen molar-refractivity contribution in [1.29, 1.82) is 0 Å². The quantitative estimate of drug-likeness (QED) is 0.186. The first-order valence-electron chi connectivity index (χ1n) is 13.7. The maximum absolute atomic E-state index is 14.0. The summed E-state index contributed by atoms with van der Waals surface area (Å²) in [6.07, 6.45) is -9.50. The van der Waals surface area contributed by atoms with E-state index >= 15 is 0 Å². The summed E-state index contributed by atoms with van der Waals surface area (Å²) < 4.78 is 87.3. The van der Waals surface area contributed by atoms with Gasteiger partial charge in [0.05, 0.1) is 40.6 Å². The third-order valence-electron chi connectivity index (χ3n) is 7.76. The average molecular weight is 694 g/mol. The number of hydrogen-bond donors (Lipinski definition) is 1. The fourth-order valence-electron chi connectivity index (χ4n) is 5.67. The molecule has 1 saturated heterocycles. The number of thiazole rings is 1. The Morgan fingerprint density at radius 2 is 1.60 bits per heavy atom. The minimum atomic E-state index is -4.76. The van der Waals surface area contributed by atoms with E-state index in [9.17, 15) is 45.5 Å². The van der Waals surface area contributed by atoms with Gasteiger partial charge in [-0.15, -0.1) is 0 Å². The van der Waals surface area contributed by atoms with Crippen LogP contribution in [0.5, 0.6) is 5.75 Å². The lowest BCUT2D eigenvalue weighted by Crippen LogP contribution is -2.33. The highest BCUT2D eigenvalue weighted by atomic mass is 32.2. The van der Waals surface area contributed by atoms with Crippen LogP contribution in [0.3, 0.4) is 0 Å². The Hall–Kier alpha value is -4.57. The summed E-state index contributed by atoms with van der Waals surface area (Å²) in [5.74, 6) is -4.14. The van der Waals surface area contributed by atoms with Crippen LogP contribution in [0.4, 0.5) is 37.7 Å². The van der Waals surface area contributed by atoms with Crippen LogP contribution in [-0.4, -0.2) is 34.6 Å². The number of nitrogens with zero attached hydrogens (tertiary/aromatic N) is 2. The van der Waals surface area contributed by atoms with E-state index in [0.29, 0.717) is 38.5 Å².